The highest BCUT2D eigenvalue weighted by Crippen LogP contribution is 2.58. The third-order valence-electron chi connectivity index (χ3n) is 28.1. The molecule has 3 aromatic carbocycles. The van der Waals surface area contributed by atoms with E-state index in [1.165, 1.54) is 395 Å². The maximum absolute atomic E-state index is 14.2. The first-order valence-electron chi connectivity index (χ1n) is 52.4. The zero-order valence-electron chi connectivity index (χ0n) is 80.8. The van der Waals surface area contributed by atoms with Crippen molar-refractivity contribution >= 4 is 146 Å². The third kappa shape index (κ3) is 27.7. The molecule has 8 aromatic heterocycles. The number of allylic oxidation sites excluding steroid dienone is 2. The first-order chi connectivity index (χ1) is 63.9. The fraction of sp³-hybridized carbons (Fsp3) is 0.542. The molecule has 0 amide bonds. The molecule has 4 nitrogen and oxygen atoms in total. The van der Waals surface area contributed by atoms with Crippen LogP contribution < -0.4 is 0 Å². The minimum Gasteiger partial charge on any atom is -0.288 e. The van der Waals surface area contributed by atoms with E-state index in [2.05, 4.69) is 161 Å². The Labute approximate surface area is 816 Å². The molecule has 13 rings (SSSR count). The number of rotatable bonds is 64. The zero-order chi connectivity index (χ0) is 90.8. The summed E-state index contributed by atoms with van der Waals surface area (Å²) in [5.41, 5.74) is 11.0. The van der Waals surface area contributed by atoms with E-state index in [1.54, 1.807) is 22.7 Å². The summed E-state index contributed by atoms with van der Waals surface area (Å²) < 4.78 is 2.79. The molecule has 0 fully saturated rings. The maximum atomic E-state index is 14.2. The zero-order valence-corrected chi connectivity index (χ0v) is 87.3. The lowest BCUT2D eigenvalue weighted by Gasteiger charge is -2.13. The summed E-state index contributed by atoms with van der Waals surface area (Å²) in [5, 5.41) is 2.75. The quantitative estimate of drug-likeness (QED) is 0.0216. The van der Waals surface area contributed by atoms with E-state index in [1.807, 2.05) is 83.4 Å². The number of ketones is 4. The summed E-state index contributed by atoms with van der Waals surface area (Å²) in [7, 11) is 0. The molecular weight excluding hydrogens is 1740 g/mol. The minimum absolute atomic E-state index is 0.158. The SMILES string of the molecule is CCCCCCCCCCCCc1cc(C=C2C(=O)c3ccccc3C2=O)sc1-c1cc(CCCCCCCCCCCC)c(-c2cc3c(-c4ccc(CC(CC)CCCC)s4)c4sc(-c5sc(-c6sc(C=C7C(=O)c8ccccc8C7=O)cc6CCCCCCCCCCCC)cc5CCCCCCCCCCCC)cc4c(-c4ccc(CC(CC)CCCC)s4)c3s2)s1. The van der Waals surface area contributed by atoms with E-state index in [4.69, 9.17) is 0 Å². The van der Waals surface area contributed by atoms with Crippen molar-refractivity contribution in [2.75, 3.05) is 0 Å². The Kier molecular flexibility index (Phi) is 42.1. The minimum atomic E-state index is -0.158. The van der Waals surface area contributed by atoms with Crippen LogP contribution in [0.15, 0.2) is 120 Å². The predicted molar refractivity (Wildman–Crippen MR) is 579 cm³/mol. The van der Waals surface area contributed by atoms with Crippen molar-refractivity contribution in [1.82, 2.24) is 0 Å². The van der Waals surface area contributed by atoms with Crippen molar-refractivity contribution in [2.45, 2.75) is 402 Å². The summed E-state index contributed by atoms with van der Waals surface area (Å²) in [6.45, 7) is 18.8. The summed E-state index contributed by atoms with van der Waals surface area (Å²) in [6, 6.07) is 40.2. The first-order valence-corrected chi connectivity index (χ1v) is 58.9. The normalized spacial score (nSPS) is 13.3. The number of benzene rings is 3. The van der Waals surface area contributed by atoms with Crippen molar-refractivity contribution in [3.05, 3.63) is 184 Å². The molecule has 2 atom stereocenters. The lowest BCUT2D eigenvalue weighted by atomic mass is 9.95. The average Bonchev–Trinajstić information content (AvgIpc) is 1.55. The van der Waals surface area contributed by atoms with Crippen molar-refractivity contribution in [1.29, 1.82) is 0 Å². The van der Waals surface area contributed by atoms with Gasteiger partial charge in [-0.3, -0.25) is 19.2 Å². The predicted octanol–water partition coefficient (Wildman–Crippen LogP) is 40.8. The van der Waals surface area contributed by atoms with Crippen LogP contribution in [0, 0.1) is 11.8 Å². The summed E-state index contributed by atoms with van der Waals surface area (Å²) in [6.07, 6.45) is 71.5. The van der Waals surface area contributed by atoms with Gasteiger partial charge >= 0.3 is 0 Å². The molecule has 0 spiro atoms. The van der Waals surface area contributed by atoms with Crippen LogP contribution in [0.5, 0.6) is 0 Å². The number of hydrogen-bond donors (Lipinski definition) is 0. The molecule has 8 heterocycles. The molecule has 0 radical (unpaired) electrons. The number of unbranched alkanes of at least 4 members (excludes halogenated alkanes) is 38. The average molecular weight is 1890 g/mol. The largest absolute Gasteiger partial charge is 0.288 e. The lowest BCUT2D eigenvalue weighted by molar-refractivity contribution is 0.0975. The van der Waals surface area contributed by atoms with Crippen LogP contribution in [0.1, 0.15) is 447 Å². The van der Waals surface area contributed by atoms with Crippen LogP contribution in [0.2, 0.25) is 0 Å². The molecule has 698 valence electrons. The fourth-order valence-electron chi connectivity index (χ4n) is 20.2. The number of fused-ring (bicyclic) bond motifs is 4. The number of hydrogen-bond acceptors (Lipinski definition) is 12. The molecule has 2 aliphatic rings. The van der Waals surface area contributed by atoms with Crippen LogP contribution >= 0.6 is 90.7 Å². The molecule has 130 heavy (non-hydrogen) atoms. The molecule has 12 heteroatoms. The van der Waals surface area contributed by atoms with E-state index in [0.717, 1.165) is 74.0 Å². The second kappa shape index (κ2) is 54.0. The monoisotopic (exact) mass is 1890 g/mol. The maximum Gasteiger partial charge on any atom is 0.197 e. The molecule has 11 aromatic rings. The Morgan fingerprint density at radius 3 is 0.800 bits per heavy atom. The summed E-state index contributed by atoms with van der Waals surface area (Å²) in [4.78, 5) is 75.4. The second-order valence-electron chi connectivity index (χ2n) is 38.4. The topological polar surface area (TPSA) is 68.3 Å². The number of aryl methyl sites for hydroxylation is 4. The van der Waals surface area contributed by atoms with Crippen LogP contribution in [0.3, 0.4) is 0 Å². The molecule has 0 N–H and O–H groups in total. The van der Waals surface area contributed by atoms with Gasteiger partial charge in [0.1, 0.15) is 0 Å². The number of Topliss-reactive ketones (excluding diaryl/α,β-unsaturated/α-hetero) is 4. The van der Waals surface area contributed by atoms with Gasteiger partial charge in [-0.15, -0.1) is 90.7 Å². The molecule has 2 aliphatic carbocycles. The van der Waals surface area contributed by atoms with E-state index in [0.29, 0.717) is 34.1 Å². The standard InChI is InChI=1S/C118H154O4S8/c1-9-17-23-27-31-35-39-43-47-51-61-85-75-91(79-99-109(119)93-65-55-56-66-94(93)110(99)120)125-113(85)103-77-87(63-53-49-45-41-37-33-29-25-19-11-3)115(127-103)105-81-97-107(101-71-69-89(123-101)73-83(15-7)59-21-13-5)118-98(108(117(97)129-105)102-72-70-90(124-102)74-84(16-8)60-22-14-6)82-106(130-118)116-88(64-54-50-46-42-38-34-30-26-20-12-4)78-104(128-116)114-86(62-52-48-44-40-36-32-28-24-18-10-2)76-92(126-114)80-100-111(121)95-67-57-58-68-96(95)112(100)122/h55-58,65-72,75-84H,9-54,59-64,73-74H2,1-8H3. The van der Waals surface area contributed by atoms with Gasteiger partial charge < -0.3 is 0 Å². The van der Waals surface area contributed by atoms with E-state index in [9.17, 15) is 19.2 Å². The van der Waals surface area contributed by atoms with E-state index < -0.39 is 0 Å². The molecule has 0 saturated heterocycles. The van der Waals surface area contributed by atoms with Gasteiger partial charge in [0.2, 0.25) is 0 Å². The summed E-state index contributed by atoms with van der Waals surface area (Å²) >= 11 is 15.9. The van der Waals surface area contributed by atoms with Gasteiger partial charge in [0.15, 0.2) is 23.1 Å². The van der Waals surface area contributed by atoms with Crippen LogP contribution in [-0.4, -0.2) is 23.1 Å². The number of thiophene rings is 8. The van der Waals surface area contributed by atoms with Gasteiger partial charge in [0, 0.05) is 122 Å². The third-order valence-corrected chi connectivity index (χ3v) is 38.0. The van der Waals surface area contributed by atoms with Gasteiger partial charge in [0.25, 0.3) is 0 Å². The summed E-state index contributed by atoms with van der Waals surface area (Å²) in [5.74, 6) is 0.661. The first kappa shape index (κ1) is 101. The Morgan fingerprint density at radius 2 is 0.515 bits per heavy atom. The highest BCUT2D eigenvalue weighted by atomic mass is 32.1. The van der Waals surface area contributed by atoms with Gasteiger partial charge in [-0.1, -0.05) is 386 Å². The van der Waals surface area contributed by atoms with Crippen molar-refractivity contribution < 1.29 is 19.2 Å². The van der Waals surface area contributed by atoms with Gasteiger partial charge in [-0.2, -0.15) is 0 Å². The van der Waals surface area contributed by atoms with Crippen LogP contribution in [-0.2, 0) is 38.5 Å². The van der Waals surface area contributed by atoms with Crippen LogP contribution in [0.4, 0.5) is 0 Å². The highest BCUT2D eigenvalue weighted by molar-refractivity contribution is 7.31. The number of carbonyl (C=O) groups is 4. The molecule has 0 aliphatic heterocycles. The van der Waals surface area contributed by atoms with Gasteiger partial charge in [-0.05, 0) is 171 Å². The lowest BCUT2D eigenvalue weighted by Crippen LogP contribution is -2.01. The molecule has 0 saturated carbocycles. The van der Waals surface area contributed by atoms with E-state index >= 15 is 0 Å². The van der Waals surface area contributed by atoms with Gasteiger partial charge in [0.05, 0.1) is 11.1 Å². The highest BCUT2D eigenvalue weighted by Gasteiger charge is 2.36. The Morgan fingerprint density at radius 1 is 0.254 bits per heavy atom. The molecule has 2 unspecified atom stereocenters. The second-order valence-corrected chi connectivity index (χ2v) is 47.1. The number of carbonyl (C=O) groups excluding carboxylic acids is 4. The van der Waals surface area contributed by atoms with Gasteiger partial charge in [-0.25, -0.2) is 0 Å². The fourth-order valence-corrected chi connectivity index (χ4v) is 30.4. The molecule has 0 bridgehead atoms. The van der Waals surface area contributed by atoms with E-state index in [-0.39, 0.29) is 34.3 Å². The van der Waals surface area contributed by atoms with Crippen molar-refractivity contribution in [3.8, 4) is 59.9 Å². The Hall–Kier alpha value is -6.06. The van der Waals surface area contributed by atoms with Crippen molar-refractivity contribution in [3.63, 3.8) is 0 Å². The molecular formula is C118H154O4S8. The Bertz CT molecular complexity index is 4980. The van der Waals surface area contributed by atoms with Crippen LogP contribution in [0.25, 0.3) is 92.2 Å². The smallest absolute Gasteiger partial charge is 0.197 e. The van der Waals surface area contributed by atoms with Crippen molar-refractivity contribution in [2.24, 2.45) is 11.8 Å². The Balaban J connectivity index is 0.970.